The number of nitrogens with one attached hydrogen (secondary N) is 3. The number of Topliss-reactive ketones (excluding diaryl/α,β-unsaturated/α-hetero) is 1. The Bertz CT molecular complexity index is 1640. The number of nitrogens with zero attached hydrogens (tertiary/aromatic N) is 4. The van der Waals surface area contributed by atoms with Gasteiger partial charge in [-0.05, 0) is 54.1 Å². The zero-order valence-electron chi connectivity index (χ0n) is 18.0. The third-order valence-electron chi connectivity index (χ3n) is 5.66. The highest BCUT2D eigenvalue weighted by Gasteiger charge is 2.12. The summed E-state index contributed by atoms with van der Waals surface area (Å²) in [5, 5.41) is 12.3. The van der Waals surface area contributed by atoms with Gasteiger partial charge in [-0.2, -0.15) is 5.10 Å². The smallest absolute Gasteiger partial charge is 0.183 e. The van der Waals surface area contributed by atoms with E-state index in [4.69, 9.17) is 0 Å². The second-order valence-corrected chi connectivity index (χ2v) is 8.00. The lowest BCUT2D eigenvalue weighted by Crippen LogP contribution is -2.03. The molecule has 0 atom stereocenters. The standard InChI is InChI=1S/C26H19N7O/c34-24(11-16-5-8-27-9-6-16)23-13-17-1-2-18(14-22(17)31-23)26-28-10-7-25(32-26)30-20-3-4-21-19(12-20)15-29-33-21/h1-10,12-15,31H,11H2,(H,29,33)(H,28,30,32). The molecule has 164 valence electrons. The monoisotopic (exact) mass is 445 g/mol. The van der Waals surface area contributed by atoms with Gasteiger partial charge in [0, 0.05) is 52.6 Å². The van der Waals surface area contributed by atoms with Crippen LogP contribution in [0.15, 0.2) is 85.5 Å². The van der Waals surface area contributed by atoms with E-state index < -0.39 is 0 Å². The first-order chi connectivity index (χ1) is 16.7. The summed E-state index contributed by atoms with van der Waals surface area (Å²) >= 11 is 0. The molecule has 0 unspecified atom stereocenters. The summed E-state index contributed by atoms with van der Waals surface area (Å²) in [5.41, 5.74) is 5.13. The molecule has 0 bridgehead atoms. The van der Waals surface area contributed by atoms with Gasteiger partial charge >= 0.3 is 0 Å². The van der Waals surface area contributed by atoms with Crippen molar-refractivity contribution in [2.24, 2.45) is 0 Å². The summed E-state index contributed by atoms with van der Waals surface area (Å²) < 4.78 is 0. The summed E-state index contributed by atoms with van der Waals surface area (Å²) in [7, 11) is 0. The first kappa shape index (κ1) is 19.8. The van der Waals surface area contributed by atoms with Crippen molar-refractivity contribution in [1.29, 1.82) is 0 Å². The number of hydrogen-bond donors (Lipinski definition) is 3. The largest absolute Gasteiger partial charge is 0.352 e. The minimum atomic E-state index is 0.0287. The normalized spacial score (nSPS) is 11.2. The van der Waals surface area contributed by atoms with E-state index in [-0.39, 0.29) is 5.78 Å². The van der Waals surface area contributed by atoms with Crippen molar-refractivity contribution in [3.05, 3.63) is 96.7 Å². The van der Waals surface area contributed by atoms with Crippen LogP contribution in [-0.2, 0) is 6.42 Å². The summed E-state index contributed by atoms with van der Waals surface area (Å²) in [4.78, 5) is 29.1. The Balaban J connectivity index is 1.25. The van der Waals surface area contributed by atoms with E-state index >= 15 is 0 Å². The molecule has 4 heterocycles. The van der Waals surface area contributed by atoms with Crippen LogP contribution in [0.1, 0.15) is 16.1 Å². The molecule has 4 aromatic heterocycles. The number of H-pyrrole nitrogens is 2. The van der Waals surface area contributed by atoms with Crippen molar-refractivity contribution in [1.82, 2.24) is 30.1 Å². The second kappa shape index (κ2) is 8.25. The molecule has 8 heteroatoms. The van der Waals surface area contributed by atoms with Gasteiger partial charge in [0.25, 0.3) is 0 Å². The number of carbonyl (C=O) groups is 1. The zero-order chi connectivity index (χ0) is 22.9. The van der Waals surface area contributed by atoms with Crippen molar-refractivity contribution in [2.75, 3.05) is 5.32 Å². The van der Waals surface area contributed by atoms with E-state index in [0.29, 0.717) is 23.8 Å². The molecular weight excluding hydrogens is 426 g/mol. The van der Waals surface area contributed by atoms with Crippen molar-refractivity contribution in [3.63, 3.8) is 0 Å². The molecule has 0 radical (unpaired) electrons. The third kappa shape index (κ3) is 3.88. The lowest BCUT2D eigenvalue weighted by molar-refractivity contribution is 0.0989. The Morgan fingerprint density at radius 3 is 2.71 bits per heavy atom. The van der Waals surface area contributed by atoms with Crippen molar-refractivity contribution in [2.45, 2.75) is 6.42 Å². The maximum Gasteiger partial charge on any atom is 0.183 e. The molecule has 8 nitrogen and oxygen atoms in total. The third-order valence-corrected chi connectivity index (χ3v) is 5.66. The van der Waals surface area contributed by atoms with E-state index in [0.717, 1.165) is 38.6 Å². The van der Waals surface area contributed by atoms with Crippen LogP contribution < -0.4 is 5.32 Å². The molecule has 3 N–H and O–H groups in total. The van der Waals surface area contributed by atoms with Gasteiger partial charge in [-0.25, -0.2) is 9.97 Å². The highest BCUT2D eigenvalue weighted by Crippen LogP contribution is 2.25. The van der Waals surface area contributed by atoms with Gasteiger partial charge in [0.1, 0.15) is 5.82 Å². The number of ketones is 1. The van der Waals surface area contributed by atoms with Gasteiger partial charge in [0.15, 0.2) is 11.6 Å². The van der Waals surface area contributed by atoms with Crippen LogP contribution in [0.4, 0.5) is 11.5 Å². The number of rotatable bonds is 6. The molecule has 0 aliphatic rings. The molecule has 34 heavy (non-hydrogen) atoms. The van der Waals surface area contributed by atoms with E-state index in [2.05, 4.69) is 35.5 Å². The van der Waals surface area contributed by atoms with E-state index in [9.17, 15) is 4.79 Å². The van der Waals surface area contributed by atoms with Gasteiger partial charge in [-0.3, -0.25) is 14.9 Å². The molecule has 0 saturated heterocycles. The van der Waals surface area contributed by atoms with Crippen LogP contribution >= 0.6 is 0 Å². The van der Waals surface area contributed by atoms with Crippen molar-refractivity contribution >= 4 is 39.1 Å². The topological polar surface area (TPSA) is 112 Å². The highest BCUT2D eigenvalue weighted by molar-refractivity contribution is 6.01. The van der Waals surface area contributed by atoms with Gasteiger partial charge in [0.2, 0.25) is 0 Å². The average Bonchev–Trinajstić information content (AvgIpc) is 3.51. The SMILES string of the molecule is O=C(Cc1ccncc1)c1cc2ccc(-c3nccc(Nc4ccc5[nH]ncc5c4)n3)cc2[nH]1. The Morgan fingerprint density at radius 2 is 1.79 bits per heavy atom. The average molecular weight is 445 g/mol. The number of hydrogen-bond acceptors (Lipinski definition) is 6. The number of aromatic amines is 2. The number of aromatic nitrogens is 6. The molecule has 0 saturated carbocycles. The maximum atomic E-state index is 12.7. The molecule has 0 spiro atoms. The first-order valence-electron chi connectivity index (χ1n) is 10.8. The van der Waals surface area contributed by atoms with Crippen molar-refractivity contribution in [3.8, 4) is 11.4 Å². The predicted molar refractivity (Wildman–Crippen MR) is 131 cm³/mol. The van der Waals surface area contributed by atoms with Gasteiger partial charge in [0.05, 0.1) is 17.4 Å². The molecule has 0 fully saturated rings. The van der Waals surface area contributed by atoms with E-state index in [1.807, 2.05) is 60.7 Å². The van der Waals surface area contributed by atoms with Crippen LogP contribution in [0.3, 0.4) is 0 Å². The number of benzene rings is 2. The molecule has 6 aromatic rings. The van der Waals surface area contributed by atoms with Gasteiger partial charge < -0.3 is 10.3 Å². The lowest BCUT2D eigenvalue weighted by Gasteiger charge is -2.07. The Hall–Kier alpha value is -4.85. The van der Waals surface area contributed by atoms with E-state index in [1.54, 1.807) is 24.8 Å². The van der Waals surface area contributed by atoms with Crippen LogP contribution in [-0.4, -0.2) is 35.9 Å². The van der Waals surface area contributed by atoms with Crippen LogP contribution in [0.2, 0.25) is 0 Å². The molecule has 0 amide bonds. The Labute approximate surface area is 194 Å². The summed E-state index contributed by atoms with van der Waals surface area (Å²) in [5.74, 6) is 1.31. The number of anilines is 2. The predicted octanol–water partition coefficient (Wildman–Crippen LogP) is 5.07. The van der Waals surface area contributed by atoms with Crippen molar-refractivity contribution < 1.29 is 4.79 Å². The summed E-state index contributed by atoms with van der Waals surface area (Å²) in [6.07, 6.45) is 7.22. The molecule has 0 aliphatic carbocycles. The summed E-state index contributed by atoms with van der Waals surface area (Å²) in [6.45, 7) is 0. The molecular formula is C26H19N7O. The summed E-state index contributed by atoms with van der Waals surface area (Å²) in [6, 6.07) is 19.3. The fourth-order valence-corrected chi connectivity index (χ4v) is 3.93. The molecule has 2 aromatic carbocycles. The maximum absolute atomic E-state index is 12.7. The molecule has 0 aliphatic heterocycles. The van der Waals surface area contributed by atoms with Crippen LogP contribution in [0.25, 0.3) is 33.2 Å². The number of fused-ring (bicyclic) bond motifs is 2. The zero-order valence-corrected chi connectivity index (χ0v) is 18.0. The molecule has 6 rings (SSSR count). The Morgan fingerprint density at radius 1 is 0.882 bits per heavy atom. The van der Waals surface area contributed by atoms with Crippen LogP contribution in [0.5, 0.6) is 0 Å². The second-order valence-electron chi connectivity index (χ2n) is 8.00. The Kier molecular flexibility index (Phi) is 4.81. The van der Waals surface area contributed by atoms with E-state index in [1.165, 1.54) is 0 Å². The fourth-order valence-electron chi connectivity index (χ4n) is 3.93. The van der Waals surface area contributed by atoms with Gasteiger partial charge in [-0.15, -0.1) is 0 Å². The highest BCUT2D eigenvalue weighted by atomic mass is 16.1. The quantitative estimate of drug-likeness (QED) is 0.309. The lowest BCUT2D eigenvalue weighted by atomic mass is 10.1. The number of carbonyl (C=O) groups excluding carboxylic acids is 1. The fraction of sp³-hybridized carbons (Fsp3) is 0.0385. The first-order valence-corrected chi connectivity index (χ1v) is 10.8. The van der Waals surface area contributed by atoms with Crippen LogP contribution in [0, 0.1) is 0 Å². The minimum absolute atomic E-state index is 0.0287. The minimum Gasteiger partial charge on any atom is -0.352 e. The number of pyridine rings is 1. The van der Waals surface area contributed by atoms with Gasteiger partial charge in [-0.1, -0.05) is 12.1 Å².